The Morgan fingerprint density at radius 2 is 1.90 bits per heavy atom. The summed E-state index contributed by atoms with van der Waals surface area (Å²) in [4.78, 5) is 19.3. The number of nitrogens with zero attached hydrogens (tertiary/aromatic N) is 4. The van der Waals surface area contributed by atoms with Gasteiger partial charge in [-0.2, -0.15) is 5.26 Å². The van der Waals surface area contributed by atoms with Crippen LogP contribution in [-0.4, -0.2) is 35.4 Å². The lowest BCUT2D eigenvalue weighted by molar-refractivity contribution is -0.384. The molecule has 1 heterocycles. The first kappa shape index (κ1) is 22.1. The van der Waals surface area contributed by atoms with E-state index in [1.807, 2.05) is 6.26 Å². The molecule has 3 aromatic rings. The molecular weight excluding hydrogens is 442 g/mol. The quantitative estimate of drug-likeness (QED) is 0.224. The molecule has 1 N–H and O–H groups in total. The normalized spacial score (nSPS) is 10.3. The fraction of sp³-hybridized carbons (Fsp3) is 0.150. The summed E-state index contributed by atoms with van der Waals surface area (Å²) in [6.07, 6.45) is 1.81. The van der Waals surface area contributed by atoms with Crippen LogP contribution in [0.2, 0.25) is 5.02 Å². The molecule has 31 heavy (non-hydrogen) atoms. The van der Waals surface area contributed by atoms with Gasteiger partial charge in [-0.1, -0.05) is 23.4 Å². The maximum atomic E-state index is 10.9. The average molecular weight is 458 g/mol. The number of benzene rings is 2. The van der Waals surface area contributed by atoms with E-state index in [4.69, 9.17) is 21.1 Å². The maximum absolute atomic E-state index is 10.9. The number of nitriles is 1. The minimum atomic E-state index is -0.540. The molecule has 0 atom stereocenters. The lowest BCUT2D eigenvalue weighted by atomic mass is 10.1. The Morgan fingerprint density at radius 1 is 1.16 bits per heavy atom. The van der Waals surface area contributed by atoms with Gasteiger partial charge in [-0.05, 0) is 30.5 Å². The van der Waals surface area contributed by atoms with Crippen molar-refractivity contribution in [2.45, 2.75) is 5.16 Å². The summed E-state index contributed by atoms with van der Waals surface area (Å²) in [7, 11) is 3.05. The number of thioether (sulfide) groups is 1. The molecule has 0 unspecified atom stereocenters. The molecule has 0 fully saturated rings. The van der Waals surface area contributed by atoms with Gasteiger partial charge in [-0.15, -0.1) is 0 Å². The number of non-ortho nitro benzene ring substituents is 1. The third kappa shape index (κ3) is 4.63. The molecule has 2 aromatic carbocycles. The van der Waals surface area contributed by atoms with Crippen molar-refractivity contribution < 1.29 is 14.4 Å². The highest BCUT2D eigenvalue weighted by molar-refractivity contribution is 7.98. The number of ether oxygens (including phenoxy) is 2. The number of rotatable bonds is 7. The van der Waals surface area contributed by atoms with Gasteiger partial charge in [0.05, 0.1) is 35.5 Å². The van der Waals surface area contributed by atoms with Crippen LogP contribution < -0.4 is 14.8 Å². The van der Waals surface area contributed by atoms with Gasteiger partial charge in [0.25, 0.3) is 5.69 Å². The third-order valence-corrected chi connectivity index (χ3v) is 5.12. The van der Waals surface area contributed by atoms with Crippen molar-refractivity contribution in [3.8, 4) is 28.8 Å². The number of hydrogen-bond donors (Lipinski definition) is 1. The van der Waals surface area contributed by atoms with Crippen molar-refractivity contribution in [3.63, 3.8) is 0 Å². The average Bonchev–Trinajstić information content (AvgIpc) is 2.79. The second-order valence-electron chi connectivity index (χ2n) is 6.01. The Morgan fingerprint density at radius 3 is 2.48 bits per heavy atom. The SMILES string of the molecule is COc1ccc(-c2nc(SC)nc(Nc3ccc([N+](=O)[O-])cc3Cl)c2C#N)cc1OC. The van der Waals surface area contributed by atoms with E-state index in [1.54, 1.807) is 18.2 Å². The Bertz CT molecular complexity index is 1200. The smallest absolute Gasteiger partial charge is 0.271 e. The van der Waals surface area contributed by atoms with Gasteiger partial charge >= 0.3 is 0 Å². The maximum Gasteiger partial charge on any atom is 0.271 e. The van der Waals surface area contributed by atoms with E-state index in [2.05, 4.69) is 21.4 Å². The highest BCUT2D eigenvalue weighted by Gasteiger charge is 2.19. The first-order valence-electron chi connectivity index (χ1n) is 8.71. The van der Waals surface area contributed by atoms with Crippen molar-refractivity contribution >= 4 is 40.6 Å². The molecule has 0 aliphatic carbocycles. The summed E-state index contributed by atoms with van der Waals surface area (Å²) in [5, 5.41) is 24.3. The van der Waals surface area contributed by atoms with E-state index in [0.717, 1.165) is 0 Å². The molecule has 0 aliphatic rings. The molecule has 1 aromatic heterocycles. The van der Waals surface area contributed by atoms with E-state index >= 15 is 0 Å². The number of aromatic nitrogens is 2. The Balaban J connectivity index is 2.13. The molecule has 0 bridgehead atoms. The molecule has 3 rings (SSSR count). The summed E-state index contributed by atoms with van der Waals surface area (Å²) in [6.45, 7) is 0. The Hall–Kier alpha value is -3.55. The summed E-state index contributed by atoms with van der Waals surface area (Å²) in [6, 6.07) is 11.3. The van der Waals surface area contributed by atoms with Gasteiger partial charge in [0.15, 0.2) is 22.5 Å². The standard InChI is InChI=1S/C20H16ClN5O4S/c1-29-16-7-4-11(8-17(16)30-2)18-13(10-22)19(25-20(24-18)31-3)23-15-6-5-12(26(27)28)9-14(15)21/h4-9H,1-3H3,(H,23,24,25). The molecular formula is C20H16ClN5O4S. The van der Waals surface area contributed by atoms with Crippen molar-refractivity contribution in [2.24, 2.45) is 0 Å². The Kier molecular flexibility index (Phi) is 6.79. The molecule has 0 radical (unpaired) electrons. The van der Waals surface area contributed by atoms with Crippen LogP contribution in [0.4, 0.5) is 17.2 Å². The van der Waals surface area contributed by atoms with Gasteiger partial charge in [0.2, 0.25) is 0 Å². The second kappa shape index (κ2) is 9.51. The Labute approximate surface area is 187 Å². The van der Waals surface area contributed by atoms with Gasteiger partial charge in [-0.25, -0.2) is 9.97 Å². The van der Waals surface area contributed by atoms with Crippen LogP contribution in [0.3, 0.4) is 0 Å². The number of methoxy groups -OCH3 is 2. The summed E-state index contributed by atoms with van der Waals surface area (Å²) >= 11 is 7.49. The first-order valence-corrected chi connectivity index (χ1v) is 10.3. The number of halogens is 1. The van der Waals surface area contributed by atoms with Crippen molar-refractivity contribution in [1.82, 2.24) is 9.97 Å². The van der Waals surface area contributed by atoms with Gasteiger partial charge in [0, 0.05) is 17.7 Å². The van der Waals surface area contributed by atoms with Crippen LogP contribution >= 0.6 is 23.4 Å². The summed E-state index contributed by atoms with van der Waals surface area (Å²) < 4.78 is 10.6. The van der Waals surface area contributed by atoms with Gasteiger partial charge in [0.1, 0.15) is 11.6 Å². The van der Waals surface area contributed by atoms with Crippen LogP contribution in [0.15, 0.2) is 41.6 Å². The highest BCUT2D eigenvalue weighted by Crippen LogP contribution is 2.36. The predicted octanol–water partition coefficient (Wildman–Crippen LogP) is 5.06. The zero-order chi connectivity index (χ0) is 22.5. The minimum absolute atomic E-state index is 0.120. The minimum Gasteiger partial charge on any atom is -0.493 e. The molecule has 0 amide bonds. The monoisotopic (exact) mass is 457 g/mol. The number of nitro benzene ring substituents is 1. The molecule has 0 spiro atoms. The molecule has 0 saturated carbocycles. The van der Waals surface area contributed by atoms with Crippen LogP contribution in [-0.2, 0) is 0 Å². The van der Waals surface area contributed by atoms with Crippen molar-refractivity contribution in [1.29, 1.82) is 5.26 Å². The molecule has 0 aliphatic heterocycles. The number of hydrogen-bond acceptors (Lipinski definition) is 9. The number of nitrogens with one attached hydrogen (secondary N) is 1. The predicted molar refractivity (Wildman–Crippen MR) is 118 cm³/mol. The largest absolute Gasteiger partial charge is 0.493 e. The van der Waals surface area contributed by atoms with Crippen LogP contribution in [0.5, 0.6) is 11.5 Å². The molecule has 11 heteroatoms. The number of nitro groups is 1. The van der Waals surface area contributed by atoms with E-state index < -0.39 is 4.92 Å². The molecule has 158 valence electrons. The lowest BCUT2D eigenvalue weighted by Gasteiger charge is -2.14. The second-order valence-corrected chi connectivity index (χ2v) is 7.19. The topological polar surface area (TPSA) is 123 Å². The highest BCUT2D eigenvalue weighted by atomic mass is 35.5. The van der Waals surface area contributed by atoms with Crippen LogP contribution in [0.1, 0.15) is 5.56 Å². The van der Waals surface area contributed by atoms with Crippen molar-refractivity contribution in [2.75, 3.05) is 25.8 Å². The summed E-state index contributed by atoms with van der Waals surface area (Å²) in [5.41, 5.74) is 1.43. The van der Waals surface area contributed by atoms with E-state index in [1.165, 1.54) is 44.2 Å². The number of anilines is 2. The lowest BCUT2D eigenvalue weighted by Crippen LogP contribution is -2.04. The molecule has 9 nitrogen and oxygen atoms in total. The van der Waals surface area contributed by atoms with Crippen molar-refractivity contribution in [3.05, 3.63) is 57.1 Å². The fourth-order valence-electron chi connectivity index (χ4n) is 2.77. The molecule has 0 saturated heterocycles. The van der Waals surface area contributed by atoms with E-state index in [-0.39, 0.29) is 22.1 Å². The van der Waals surface area contributed by atoms with Crippen LogP contribution in [0.25, 0.3) is 11.3 Å². The van der Waals surface area contributed by atoms with Crippen LogP contribution in [0, 0.1) is 21.4 Å². The van der Waals surface area contributed by atoms with E-state index in [0.29, 0.717) is 33.6 Å². The zero-order valence-electron chi connectivity index (χ0n) is 16.7. The van der Waals surface area contributed by atoms with E-state index in [9.17, 15) is 15.4 Å². The fourth-order valence-corrected chi connectivity index (χ4v) is 3.35. The first-order chi connectivity index (χ1) is 14.9. The zero-order valence-corrected chi connectivity index (χ0v) is 18.2. The van der Waals surface area contributed by atoms with Gasteiger partial charge in [-0.3, -0.25) is 10.1 Å². The summed E-state index contributed by atoms with van der Waals surface area (Å²) in [5.74, 6) is 1.25. The third-order valence-electron chi connectivity index (χ3n) is 4.26. The van der Waals surface area contributed by atoms with Gasteiger partial charge < -0.3 is 14.8 Å².